The number of esters is 1. The number of H-pyrrole nitrogens is 1. The molecular weight excluding hydrogens is 368 g/mol. The fourth-order valence-electron chi connectivity index (χ4n) is 2.90. The number of ether oxygens (including phenoxy) is 2. The second-order valence-corrected chi connectivity index (χ2v) is 7.46. The van der Waals surface area contributed by atoms with E-state index in [4.69, 9.17) is 15.2 Å². The number of nitrogen functional groups attached to an aromatic ring is 1. The molecule has 1 aliphatic rings. The predicted octanol–water partition coefficient (Wildman–Crippen LogP) is -0.0466. The lowest BCUT2D eigenvalue weighted by molar-refractivity contribution is -0.149. The van der Waals surface area contributed by atoms with Crippen molar-refractivity contribution in [2.45, 2.75) is 33.7 Å². The zero-order valence-corrected chi connectivity index (χ0v) is 16.7. The molecule has 0 bridgehead atoms. The van der Waals surface area contributed by atoms with Crippen molar-refractivity contribution in [3.8, 4) is 0 Å². The Morgan fingerprint density at radius 1 is 1.36 bits per heavy atom. The number of hydrogen-bond acceptors (Lipinski definition) is 7. The number of nitrogens with zero attached hydrogens (tertiary/aromatic N) is 2. The van der Waals surface area contributed by atoms with Crippen LogP contribution in [0, 0.1) is 17.8 Å². The van der Waals surface area contributed by atoms with Crippen LogP contribution in [0.15, 0.2) is 9.59 Å². The minimum atomic E-state index is -0.783. The molecule has 10 nitrogen and oxygen atoms in total. The molecule has 28 heavy (non-hydrogen) atoms. The molecule has 0 unspecified atom stereocenters. The highest BCUT2D eigenvalue weighted by atomic mass is 16.5. The first-order valence-electron chi connectivity index (χ1n) is 9.25. The van der Waals surface area contributed by atoms with Gasteiger partial charge in [-0.25, -0.2) is 4.79 Å². The lowest BCUT2D eigenvalue weighted by Gasteiger charge is -2.24. The average Bonchev–Trinajstić information content (AvgIpc) is 3.35. The van der Waals surface area contributed by atoms with Crippen molar-refractivity contribution in [2.75, 3.05) is 37.5 Å². The van der Waals surface area contributed by atoms with E-state index in [9.17, 15) is 19.2 Å². The van der Waals surface area contributed by atoms with Crippen molar-refractivity contribution in [2.24, 2.45) is 17.8 Å². The van der Waals surface area contributed by atoms with Crippen LogP contribution < -0.4 is 21.9 Å². The van der Waals surface area contributed by atoms with Crippen LogP contribution in [0.2, 0.25) is 0 Å². The van der Waals surface area contributed by atoms with Crippen LogP contribution in [-0.2, 0) is 25.6 Å². The van der Waals surface area contributed by atoms with Crippen molar-refractivity contribution < 1.29 is 19.1 Å². The van der Waals surface area contributed by atoms with Gasteiger partial charge in [0.2, 0.25) is 0 Å². The van der Waals surface area contributed by atoms with E-state index in [1.54, 1.807) is 0 Å². The maximum absolute atomic E-state index is 12.7. The first-order chi connectivity index (χ1) is 13.2. The quantitative estimate of drug-likeness (QED) is 0.559. The Kier molecular flexibility index (Phi) is 7.00. The van der Waals surface area contributed by atoms with Gasteiger partial charge in [-0.05, 0) is 18.3 Å². The Labute approximate surface area is 162 Å². The number of amides is 1. The maximum atomic E-state index is 12.7. The summed E-state index contributed by atoms with van der Waals surface area (Å²) in [4.78, 5) is 52.4. The summed E-state index contributed by atoms with van der Waals surface area (Å²) < 4.78 is 11.3. The van der Waals surface area contributed by atoms with Crippen LogP contribution in [0.5, 0.6) is 0 Å². The monoisotopic (exact) mass is 396 g/mol. The number of carbonyl (C=O) groups is 2. The third kappa shape index (κ3) is 5.00. The van der Waals surface area contributed by atoms with E-state index in [0.717, 1.165) is 11.3 Å². The lowest BCUT2D eigenvalue weighted by Crippen LogP contribution is -2.44. The predicted molar refractivity (Wildman–Crippen MR) is 103 cm³/mol. The Bertz CT molecular complexity index is 843. The van der Waals surface area contributed by atoms with Crippen LogP contribution in [-0.4, -0.2) is 48.3 Å². The molecule has 0 radical (unpaired) electrons. The van der Waals surface area contributed by atoms with E-state index in [1.807, 2.05) is 20.8 Å². The molecule has 1 heterocycles. The highest BCUT2D eigenvalue weighted by molar-refractivity contribution is 5.97. The number of methoxy groups -OCH3 is 1. The molecule has 1 saturated carbocycles. The van der Waals surface area contributed by atoms with E-state index in [1.165, 1.54) is 11.7 Å². The maximum Gasteiger partial charge on any atom is 0.330 e. The molecule has 1 amide bonds. The fourth-order valence-corrected chi connectivity index (χ4v) is 2.90. The second kappa shape index (κ2) is 9.05. The van der Waals surface area contributed by atoms with Gasteiger partial charge in [-0.2, -0.15) is 0 Å². The number of nitrogens with two attached hydrogens (primary N) is 1. The molecule has 10 heteroatoms. The summed E-state index contributed by atoms with van der Waals surface area (Å²) in [6.45, 7) is 5.60. The zero-order chi connectivity index (χ0) is 21.0. The Hall–Kier alpha value is -2.62. The fraction of sp³-hybridized carbons (Fsp3) is 0.667. The normalized spacial score (nSPS) is 18.2. The molecule has 3 N–H and O–H groups in total. The van der Waals surface area contributed by atoms with Gasteiger partial charge in [0.25, 0.3) is 11.5 Å². The largest absolute Gasteiger partial charge is 0.455 e. The molecule has 1 fully saturated rings. The summed E-state index contributed by atoms with van der Waals surface area (Å²) >= 11 is 0. The van der Waals surface area contributed by atoms with Gasteiger partial charge in [0, 0.05) is 20.2 Å². The number of rotatable bonds is 9. The number of carbonyl (C=O) groups excluding carboxylic acids is 2. The van der Waals surface area contributed by atoms with E-state index in [0.29, 0.717) is 0 Å². The van der Waals surface area contributed by atoms with Crippen molar-refractivity contribution >= 4 is 23.4 Å². The Morgan fingerprint density at radius 3 is 2.54 bits per heavy atom. The molecule has 2 atom stereocenters. The van der Waals surface area contributed by atoms with E-state index < -0.39 is 29.7 Å². The first kappa shape index (κ1) is 21.7. The zero-order valence-electron chi connectivity index (χ0n) is 16.7. The summed E-state index contributed by atoms with van der Waals surface area (Å²) in [5, 5.41) is 0. The van der Waals surface area contributed by atoms with Gasteiger partial charge in [0.05, 0.1) is 12.5 Å². The topological polar surface area (TPSA) is 137 Å². The lowest BCUT2D eigenvalue weighted by atomic mass is 10.2. The Morgan fingerprint density at radius 2 is 2.00 bits per heavy atom. The van der Waals surface area contributed by atoms with E-state index in [-0.39, 0.29) is 49.0 Å². The first-order valence-corrected chi connectivity index (χ1v) is 9.25. The average molecular weight is 396 g/mol. The summed E-state index contributed by atoms with van der Waals surface area (Å²) in [5.41, 5.74) is 4.49. The summed E-state index contributed by atoms with van der Waals surface area (Å²) in [5.74, 6) is -1.01. The van der Waals surface area contributed by atoms with Crippen molar-refractivity contribution in [1.29, 1.82) is 0 Å². The number of anilines is 2. The van der Waals surface area contributed by atoms with Gasteiger partial charge in [-0.15, -0.1) is 0 Å². The highest BCUT2D eigenvalue weighted by Crippen LogP contribution is 2.38. The van der Waals surface area contributed by atoms with Gasteiger partial charge >= 0.3 is 11.7 Å². The van der Waals surface area contributed by atoms with Crippen LogP contribution in [0.25, 0.3) is 0 Å². The van der Waals surface area contributed by atoms with Crippen molar-refractivity contribution in [1.82, 2.24) is 9.55 Å². The highest BCUT2D eigenvalue weighted by Gasteiger charge is 2.41. The minimum Gasteiger partial charge on any atom is -0.455 e. The molecule has 1 aromatic rings. The SMILES string of the molecule is COCCN(C(=O)COC(=O)[C@@H]1C[C@H]1C)c1c(N)n(CC(C)C)c(=O)[nH]c1=O. The third-order valence-corrected chi connectivity index (χ3v) is 4.60. The van der Waals surface area contributed by atoms with Crippen molar-refractivity contribution in [3.63, 3.8) is 0 Å². The number of hydrogen-bond donors (Lipinski definition) is 2. The molecule has 1 aromatic heterocycles. The summed E-state index contributed by atoms with van der Waals surface area (Å²) in [6.07, 6.45) is 0.743. The molecule has 0 saturated heterocycles. The van der Waals surface area contributed by atoms with E-state index in [2.05, 4.69) is 4.98 Å². The molecule has 156 valence electrons. The molecule has 1 aliphatic carbocycles. The molecular formula is C18H28N4O6. The summed E-state index contributed by atoms with van der Waals surface area (Å²) in [7, 11) is 1.45. The number of aromatic nitrogens is 2. The van der Waals surface area contributed by atoms with Crippen LogP contribution in [0.4, 0.5) is 11.5 Å². The number of nitrogens with one attached hydrogen (secondary N) is 1. The summed E-state index contributed by atoms with van der Waals surface area (Å²) in [6, 6.07) is 0. The standard InChI is InChI=1S/C18H28N4O6/c1-10(2)8-22-15(19)14(16(24)20-18(22)26)21(5-6-27-4)13(23)9-28-17(25)12-7-11(12)3/h10-12H,5-9,19H2,1-4H3,(H,20,24,26)/t11-,12-/m1/s1. The van der Waals surface area contributed by atoms with E-state index >= 15 is 0 Å². The van der Waals surface area contributed by atoms with Crippen LogP contribution in [0.3, 0.4) is 0 Å². The molecule has 2 rings (SSSR count). The molecule has 0 aliphatic heterocycles. The van der Waals surface area contributed by atoms with Gasteiger partial charge < -0.3 is 15.2 Å². The molecule has 0 spiro atoms. The Balaban J connectivity index is 2.30. The van der Waals surface area contributed by atoms with Gasteiger partial charge in [0.15, 0.2) is 12.3 Å². The van der Waals surface area contributed by atoms with Crippen molar-refractivity contribution in [3.05, 3.63) is 20.8 Å². The van der Waals surface area contributed by atoms with Gasteiger partial charge in [-0.1, -0.05) is 20.8 Å². The number of aromatic amines is 1. The smallest absolute Gasteiger partial charge is 0.330 e. The molecule has 0 aromatic carbocycles. The second-order valence-electron chi connectivity index (χ2n) is 7.46. The minimum absolute atomic E-state index is 0.0138. The van der Waals surface area contributed by atoms with Crippen LogP contribution >= 0.6 is 0 Å². The van der Waals surface area contributed by atoms with Gasteiger partial charge in [0.1, 0.15) is 5.82 Å². The van der Waals surface area contributed by atoms with Crippen LogP contribution in [0.1, 0.15) is 27.2 Å². The third-order valence-electron chi connectivity index (χ3n) is 4.60. The van der Waals surface area contributed by atoms with Gasteiger partial charge in [-0.3, -0.25) is 28.8 Å².